The number of rotatable bonds is 3. The van der Waals surface area contributed by atoms with E-state index in [1.54, 1.807) is 12.2 Å². The standard InChI is InChI=1S/C15H23FN2/c1-4-12-6-5-7-13(16)10-15(12)18-9-8-14(11-18)17(2)3/h5-7,10,14-15H,4,8-9,11H2,1-3H3. The monoisotopic (exact) mass is 250 g/mol. The highest BCUT2D eigenvalue weighted by Crippen LogP contribution is 2.25. The van der Waals surface area contributed by atoms with Crippen LogP contribution in [0, 0.1) is 0 Å². The van der Waals surface area contributed by atoms with E-state index in [1.165, 1.54) is 12.0 Å². The van der Waals surface area contributed by atoms with Crippen LogP contribution in [-0.2, 0) is 0 Å². The summed E-state index contributed by atoms with van der Waals surface area (Å²) in [6, 6.07) is 0.728. The van der Waals surface area contributed by atoms with E-state index in [9.17, 15) is 4.39 Å². The Hall–Kier alpha value is -0.930. The largest absolute Gasteiger partial charge is 0.305 e. The van der Waals surface area contributed by atoms with Crippen LogP contribution in [0.5, 0.6) is 0 Å². The molecule has 18 heavy (non-hydrogen) atoms. The van der Waals surface area contributed by atoms with Crippen molar-refractivity contribution in [2.24, 2.45) is 0 Å². The zero-order chi connectivity index (χ0) is 13.1. The van der Waals surface area contributed by atoms with Gasteiger partial charge in [0.1, 0.15) is 5.83 Å². The number of allylic oxidation sites excluding steroid dienone is 4. The number of nitrogens with zero attached hydrogens (tertiary/aromatic N) is 2. The fourth-order valence-corrected chi connectivity index (χ4v) is 2.78. The van der Waals surface area contributed by atoms with Gasteiger partial charge in [0, 0.05) is 19.1 Å². The molecule has 1 saturated heterocycles. The molecule has 2 atom stereocenters. The first-order chi connectivity index (χ1) is 8.61. The van der Waals surface area contributed by atoms with Crippen molar-refractivity contribution in [3.8, 4) is 0 Å². The molecule has 1 heterocycles. The number of likely N-dealkylation sites (N-methyl/N-ethyl adjacent to an activating group) is 1. The zero-order valence-electron chi connectivity index (χ0n) is 11.6. The van der Waals surface area contributed by atoms with E-state index < -0.39 is 0 Å². The van der Waals surface area contributed by atoms with Gasteiger partial charge in [0.2, 0.25) is 0 Å². The fourth-order valence-electron chi connectivity index (χ4n) is 2.78. The summed E-state index contributed by atoms with van der Waals surface area (Å²) in [7, 11) is 4.24. The lowest BCUT2D eigenvalue weighted by atomic mass is 10.0. The Kier molecular flexibility index (Phi) is 4.36. The first-order valence-corrected chi connectivity index (χ1v) is 6.76. The highest BCUT2D eigenvalue weighted by molar-refractivity contribution is 5.32. The highest BCUT2D eigenvalue weighted by Gasteiger charge is 2.30. The van der Waals surface area contributed by atoms with Gasteiger partial charge in [-0.1, -0.05) is 19.1 Å². The van der Waals surface area contributed by atoms with E-state index in [0.717, 1.165) is 19.5 Å². The predicted octanol–water partition coefficient (Wildman–Crippen LogP) is 2.75. The van der Waals surface area contributed by atoms with Crippen molar-refractivity contribution in [3.63, 3.8) is 0 Å². The Labute approximate surface area is 109 Å². The molecule has 2 nitrogen and oxygen atoms in total. The average Bonchev–Trinajstić information content (AvgIpc) is 2.74. The molecule has 0 aromatic heterocycles. The number of likely N-dealkylation sites (tertiary alicyclic amines) is 1. The van der Waals surface area contributed by atoms with Gasteiger partial charge < -0.3 is 4.90 Å². The highest BCUT2D eigenvalue weighted by atomic mass is 19.1. The Morgan fingerprint density at radius 3 is 2.83 bits per heavy atom. The lowest BCUT2D eigenvalue weighted by molar-refractivity contribution is 0.254. The molecule has 1 fully saturated rings. The summed E-state index contributed by atoms with van der Waals surface area (Å²) in [5, 5.41) is 0. The summed E-state index contributed by atoms with van der Waals surface area (Å²) in [6.45, 7) is 4.22. The van der Waals surface area contributed by atoms with E-state index in [0.29, 0.717) is 6.04 Å². The minimum absolute atomic E-state index is 0.118. The van der Waals surface area contributed by atoms with Gasteiger partial charge in [-0.15, -0.1) is 0 Å². The zero-order valence-corrected chi connectivity index (χ0v) is 11.6. The summed E-state index contributed by atoms with van der Waals surface area (Å²) < 4.78 is 13.6. The van der Waals surface area contributed by atoms with Gasteiger partial charge >= 0.3 is 0 Å². The second kappa shape index (κ2) is 5.81. The first kappa shape index (κ1) is 13.5. The Morgan fingerprint density at radius 1 is 1.44 bits per heavy atom. The van der Waals surface area contributed by atoms with Crippen molar-refractivity contribution in [3.05, 3.63) is 35.7 Å². The third-order valence-electron chi connectivity index (χ3n) is 3.99. The second-order valence-electron chi connectivity index (χ2n) is 5.35. The van der Waals surface area contributed by atoms with Gasteiger partial charge in [0.15, 0.2) is 0 Å². The second-order valence-corrected chi connectivity index (χ2v) is 5.35. The topological polar surface area (TPSA) is 6.48 Å². The van der Waals surface area contributed by atoms with E-state index >= 15 is 0 Å². The van der Waals surface area contributed by atoms with E-state index in [2.05, 4.69) is 36.9 Å². The van der Waals surface area contributed by atoms with Gasteiger partial charge in [-0.25, -0.2) is 4.39 Å². The quantitative estimate of drug-likeness (QED) is 0.760. The van der Waals surface area contributed by atoms with Crippen molar-refractivity contribution in [1.29, 1.82) is 0 Å². The smallest absolute Gasteiger partial charge is 0.121 e. The summed E-state index contributed by atoms with van der Waals surface area (Å²) in [5.41, 5.74) is 1.30. The maximum Gasteiger partial charge on any atom is 0.121 e. The van der Waals surface area contributed by atoms with Crippen molar-refractivity contribution in [2.45, 2.75) is 31.8 Å². The molecule has 0 aromatic rings. The Morgan fingerprint density at radius 2 is 2.22 bits per heavy atom. The summed E-state index contributed by atoms with van der Waals surface area (Å²) in [5.74, 6) is -0.118. The van der Waals surface area contributed by atoms with Gasteiger partial charge in [-0.2, -0.15) is 0 Å². The van der Waals surface area contributed by atoms with Crippen molar-refractivity contribution < 1.29 is 4.39 Å². The van der Waals surface area contributed by atoms with Crippen LogP contribution < -0.4 is 0 Å². The molecule has 0 radical (unpaired) electrons. The first-order valence-electron chi connectivity index (χ1n) is 6.76. The van der Waals surface area contributed by atoms with Gasteiger partial charge in [-0.05, 0) is 44.7 Å². The molecule has 0 N–H and O–H groups in total. The normalized spacial score (nSPS) is 29.4. The van der Waals surface area contributed by atoms with E-state index in [4.69, 9.17) is 0 Å². The van der Waals surface area contributed by atoms with Gasteiger partial charge in [-0.3, -0.25) is 4.90 Å². The van der Waals surface area contributed by atoms with Crippen LogP contribution in [0.15, 0.2) is 35.7 Å². The van der Waals surface area contributed by atoms with Gasteiger partial charge in [0.05, 0.1) is 6.04 Å². The molecule has 1 aliphatic carbocycles. The molecule has 2 unspecified atom stereocenters. The van der Waals surface area contributed by atoms with E-state index in [1.807, 2.05) is 6.08 Å². The van der Waals surface area contributed by atoms with Crippen molar-refractivity contribution >= 4 is 0 Å². The lowest BCUT2D eigenvalue weighted by Gasteiger charge is -2.28. The number of hydrogen-bond donors (Lipinski definition) is 0. The lowest BCUT2D eigenvalue weighted by Crippen LogP contribution is -2.37. The van der Waals surface area contributed by atoms with Crippen molar-refractivity contribution in [2.75, 3.05) is 27.2 Å². The SMILES string of the molecule is CCC1=CC=CC(F)=CC1N1CCC(N(C)C)C1. The molecule has 3 heteroatoms. The molecular formula is C15H23FN2. The molecule has 100 valence electrons. The average molecular weight is 250 g/mol. The fraction of sp³-hybridized carbons (Fsp3) is 0.600. The van der Waals surface area contributed by atoms with Crippen LogP contribution in [-0.4, -0.2) is 49.1 Å². The minimum Gasteiger partial charge on any atom is -0.305 e. The molecule has 0 spiro atoms. The van der Waals surface area contributed by atoms with Crippen LogP contribution >= 0.6 is 0 Å². The summed E-state index contributed by atoms with van der Waals surface area (Å²) >= 11 is 0. The summed E-state index contributed by atoms with van der Waals surface area (Å²) in [4.78, 5) is 4.66. The molecule has 2 rings (SSSR count). The van der Waals surface area contributed by atoms with Crippen LogP contribution in [0.2, 0.25) is 0 Å². The number of halogens is 1. The maximum atomic E-state index is 13.6. The molecule has 2 aliphatic rings. The summed E-state index contributed by atoms with van der Waals surface area (Å²) in [6.07, 6.45) is 9.35. The van der Waals surface area contributed by atoms with Crippen LogP contribution in [0.3, 0.4) is 0 Å². The van der Waals surface area contributed by atoms with Crippen LogP contribution in [0.25, 0.3) is 0 Å². The third-order valence-corrected chi connectivity index (χ3v) is 3.99. The minimum atomic E-state index is -0.118. The molecule has 0 amide bonds. The Balaban J connectivity index is 2.14. The third kappa shape index (κ3) is 2.90. The maximum absolute atomic E-state index is 13.6. The Bertz CT molecular complexity index is 382. The molecule has 0 aromatic carbocycles. The molecule has 0 bridgehead atoms. The molecular weight excluding hydrogens is 227 g/mol. The van der Waals surface area contributed by atoms with Crippen LogP contribution in [0.4, 0.5) is 4.39 Å². The van der Waals surface area contributed by atoms with E-state index in [-0.39, 0.29) is 11.9 Å². The van der Waals surface area contributed by atoms with Crippen LogP contribution in [0.1, 0.15) is 19.8 Å². The number of hydrogen-bond acceptors (Lipinski definition) is 2. The molecule has 1 aliphatic heterocycles. The molecule has 0 saturated carbocycles. The van der Waals surface area contributed by atoms with Crippen molar-refractivity contribution in [1.82, 2.24) is 9.80 Å². The van der Waals surface area contributed by atoms with Gasteiger partial charge in [0.25, 0.3) is 0 Å². The predicted molar refractivity (Wildman–Crippen MR) is 74.2 cm³/mol.